The number of nitriles is 1. The van der Waals surface area contributed by atoms with Gasteiger partial charge in [-0.1, -0.05) is 6.07 Å². The monoisotopic (exact) mass is 402 g/mol. The lowest BCUT2D eigenvalue weighted by Crippen LogP contribution is -2.30. The number of carbonyl (C=O) groups is 2. The van der Waals surface area contributed by atoms with Gasteiger partial charge in [0.15, 0.2) is 6.10 Å². The minimum Gasteiger partial charge on any atom is -0.449 e. The van der Waals surface area contributed by atoms with E-state index in [1.807, 2.05) is 6.07 Å². The second kappa shape index (κ2) is 7.79. The van der Waals surface area contributed by atoms with E-state index in [1.54, 1.807) is 28.8 Å². The summed E-state index contributed by atoms with van der Waals surface area (Å²) < 4.78 is 6.93. The highest BCUT2D eigenvalue weighted by Gasteiger charge is 2.21. The van der Waals surface area contributed by atoms with Gasteiger partial charge in [-0.25, -0.2) is 9.78 Å². The molecule has 0 spiro atoms. The van der Waals surface area contributed by atoms with Gasteiger partial charge in [0.05, 0.1) is 28.1 Å². The van der Waals surface area contributed by atoms with Crippen LogP contribution in [-0.2, 0) is 22.5 Å². The van der Waals surface area contributed by atoms with Gasteiger partial charge in [0.2, 0.25) is 0 Å². The molecular weight excluding hydrogens is 384 g/mol. The first-order valence-electron chi connectivity index (χ1n) is 9.52. The number of fused-ring (bicyclic) bond motifs is 2. The minimum absolute atomic E-state index is 0.111. The van der Waals surface area contributed by atoms with Crippen molar-refractivity contribution in [2.75, 3.05) is 5.32 Å². The van der Waals surface area contributed by atoms with Gasteiger partial charge in [-0.15, -0.1) is 0 Å². The van der Waals surface area contributed by atoms with E-state index >= 15 is 0 Å². The van der Waals surface area contributed by atoms with Crippen LogP contribution in [0.3, 0.4) is 0 Å². The summed E-state index contributed by atoms with van der Waals surface area (Å²) in [6.45, 7) is 2.12. The zero-order valence-electron chi connectivity index (χ0n) is 16.2. The lowest BCUT2D eigenvalue weighted by Gasteiger charge is -2.14. The van der Waals surface area contributed by atoms with Crippen LogP contribution >= 0.6 is 0 Å². The summed E-state index contributed by atoms with van der Waals surface area (Å²) in [7, 11) is 0. The molecule has 1 aliphatic rings. The smallest absolute Gasteiger partial charge is 0.338 e. The number of aromatic nitrogens is 2. The highest BCUT2D eigenvalue weighted by molar-refractivity contribution is 5.98. The molecule has 8 nitrogen and oxygen atoms in total. The Labute approximate surface area is 171 Å². The molecule has 1 atom stereocenters. The Morgan fingerprint density at radius 1 is 1.27 bits per heavy atom. The van der Waals surface area contributed by atoms with E-state index in [1.165, 1.54) is 25.1 Å². The predicted octanol–water partition coefficient (Wildman–Crippen LogP) is 2.40. The van der Waals surface area contributed by atoms with Crippen LogP contribution in [0.1, 0.15) is 35.1 Å². The summed E-state index contributed by atoms with van der Waals surface area (Å²) >= 11 is 0. The maximum Gasteiger partial charge on any atom is 0.338 e. The number of nitrogens with one attached hydrogen (secondary N) is 1. The van der Waals surface area contributed by atoms with Gasteiger partial charge in [-0.05, 0) is 49.7 Å². The number of carbonyl (C=O) groups excluding carboxylic acids is 2. The minimum atomic E-state index is -1.06. The summed E-state index contributed by atoms with van der Waals surface area (Å²) in [5.74, 6) is -0.494. The van der Waals surface area contributed by atoms with Crippen LogP contribution in [0.25, 0.3) is 10.9 Å². The van der Waals surface area contributed by atoms with Crippen LogP contribution < -0.4 is 10.9 Å². The zero-order valence-corrected chi connectivity index (χ0v) is 16.2. The van der Waals surface area contributed by atoms with Gasteiger partial charge in [-0.2, -0.15) is 5.26 Å². The Hall–Kier alpha value is -3.99. The summed E-state index contributed by atoms with van der Waals surface area (Å²) in [5, 5.41) is 12.0. The number of rotatable bonds is 4. The van der Waals surface area contributed by atoms with Gasteiger partial charge in [-0.3, -0.25) is 14.2 Å². The molecule has 0 fully saturated rings. The second-order valence-corrected chi connectivity index (χ2v) is 7.05. The summed E-state index contributed by atoms with van der Waals surface area (Å²) in [6.07, 6.45) is 0.541. The van der Waals surface area contributed by atoms with E-state index in [9.17, 15) is 14.4 Å². The van der Waals surface area contributed by atoms with Gasteiger partial charge in [0, 0.05) is 18.7 Å². The normalized spacial score (nSPS) is 13.3. The van der Waals surface area contributed by atoms with Crippen LogP contribution in [0.5, 0.6) is 0 Å². The number of ether oxygens (including phenoxy) is 1. The van der Waals surface area contributed by atoms with Crippen LogP contribution in [0.15, 0.2) is 47.3 Å². The molecule has 3 aromatic rings. The van der Waals surface area contributed by atoms with Crippen molar-refractivity contribution in [1.29, 1.82) is 5.26 Å². The molecule has 0 saturated carbocycles. The van der Waals surface area contributed by atoms with Crippen molar-refractivity contribution in [1.82, 2.24) is 9.55 Å². The number of hydrogen-bond donors (Lipinski definition) is 1. The van der Waals surface area contributed by atoms with Crippen molar-refractivity contribution in [3.05, 3.63) is 69.8 Å². The Morgan fingerprint density at radius 3 is 2.90 bits per heavy atom. The first-order chi connectivity index (χ1) is 14.5. The average Bonchev–Trinajstić information content (AvgIpc) is 3.22. The fourth-order valence-electron chi connectivity index (χ4n) is 3.40. The first kappa shape index (κ1) is 19.3. The van der Waals surface area contributed by atoms with Gasteiger partial charge in [0.1, 0.15) is 5.82 Å². The van der Waals surface area contributed by atoms with Gasteiger partial charge < -0.3 is 10.1 Å². The van der Waals surface area contributed by atoms with Crippen molar-refractivity contribution >= 4 is 28.5 Å². The van der Waals surface area contributed by atoms with Crippen LogP contribution in [0, 0.1) is 11.3 Å². The molecule has 1 amide bonds. The van der Waals surface area contributed by atoms with Crippen LogP contribution in [0.4, 0.5) is 5.69 Å². The molecule has 2 aromatic carbocycles. The van der Waals surface area contributed by atoms with E-state index in [-0.39, 0.29) is 11.1 Å². The lowest BCUT2D eigenvalue weighted by atomic mass is 10.1. The Bertz CT molecular complexity index is 1270. The maximum atomic E-state index is 12.5. The highest BCUT2D eigenvalue weighted by atomic mass is 16.5. The molecule has 30 heavy (non-hydrogen) atoms. The standard InChI is InChI=1S/C22H18N4O4/c1-13(20(27)24-16-5-2-4-14(10-16)12-23)30-22(29)15-7-8-17-18(11-15)25-19-6-3-9-26(19)21(17)28/h2,4-5,7-8,10-11,13H,3,6,9H2,1H3,(H,24,27)/t13-/m1/s1. The predicted molar refractivity (Wildman–Crippen MR) is 109 cm³/mol. The Balaban J connectivity index is 1.49. The lowest BCUT2D eigenvalue weighted by molar-refractivity contribution is -0.123. The maximum absolute atomic E-state index is 12.5. The third kappa shape index (κ3) is 3.65. The second-order valence-electron chi connectivity index (χ2n) is 7.05. The zero-order chi connectivity index (χ0) is 21.3. The fourth-order valence-corrected chi connectivity index (χ4v) is 3.40. The molecule has 0 unspecified atom stereocenters. The van der Waals surface area contributed by atoms with Crippen LogP contribution in [0.2, 0.25) is 0 Å². The summed E-state index contributed by atoms with van der Waals surface area (Å²) in [4.78, 5) is 41.9. The topological polar surface area (TPSA) is 114 Å². The number of amides is 1. The van der Waals surface area contributed by atoms with E-state index in [0.29, 0.717) is 34.5 Å². The number of hydrogen-bond acceptors (Lipinski definition) is 6. The van der Waals surface area contributed by atoms with Crippen molar-refractivity contribution < 1.29 is 14.3 Å². The molecule has 1 N–H and O–H groups in total. The largest absolute Gasteiger partial charge is 0.449 e. The molecular formula is C22H18N4O4. The van der Waals surface area contributed by atoms with Crippen molar-refractivity contribution in [3.63, 3.8) is 0 Å². The van der Waals surface area contributed by atoms with E-state index in [0.717, 1.165) is 12.8 Å². The third-order valence-corrected chi connectivity index (χ3v) is 4.96. The SMILES string of the molecule is C[C@@H](OC(=O)c1ccc2c(=O)n3c(nc2c1)CCC3)C(=O)Nc1cccc(C#N)c1. The van der Waals surface area contributed by atoms with Gasteiger partial charge >= 0.3 is 5.97 Å². The molecule has 1 aliphatic heterocycles. The fraction of sp³-hybridized carbons (Fsp3) is 0.227. The van der Waals surface area contributed by atoms with Crippen LogP contribution in [-0.4, -0.2) is 27.5 Å². The van der Waals surface area contributed by atoms with Crippen molar-refractivity contribution in [2.24, 2.45) is 0 Å². The van der Waals surface area contributed by atoms with Crippen molar-refractivity contribution in [3.8, 4) is 6.07 Å². The average molecular weight is 402 g/mol. The number of nitrogens with zero attached hydrogens (tertiary/aromatic N) is 3. The molecule has 2 heterocycles. The summed E-state index contributed by atoms with van der Waals surface area (Å²) in [5.41, 5.74) is 1.38. The highest BCUT2D eigenvalue weighted by Crippen LogP contribution is 2.17. The van der Waals surface area contributed by atoms with E-state index in [2.05, 4.69) is 10.3 Å². The van der Waals surface area contributed by atoms with E-state index in [4.69, 9.17) is 10.00 Å². The first-order valence-corrected chi connectivity index (χ1v) is 9.52. The Kier molecular flexibility index (Phi) is 5.02. The van der Waals surface area contributed by atoms with E-state index < -0.39 is 18.0 Å². The molecule has 0 radical (unpaired) electrons. The molecule has 4 rings (SSSR count). The number of esters is 1. The summed E-state index contributed by atoms with van der Waals surface area (Å²) in [6, 6.07) is 13.0. The molecule has 0 aliphatic carbocycles. The van der Waals surface area contributed by atoms with Gasteiger partial charge in [0.25, 0.3) is 11.5 Å². The molecule has 0 bridgehead atoms. The quantitative estimate of drug-likeness (QED) is 0.670. The third-order valence-electron chi connectivity index (χ3n) is 4.96. The van der Waals surface area contributed by atoms with Crippen molar-refractivity contribution in [2.45, 2.75) is 32.4 Å². The number of benzene rings is 2. The number of aryl methyl sites for hydroxylation is 1. The molecule has 150 valence electrons. The Morgan fingerprint density at radius 2 is 2.10 bits per heavy atom. The molecule has 8 heteroatoms. The number of anilines is 1. The molecule has 1 aromatic heterocycles. The molecule has 0 saturated heterocycles.